The monoisotopic (exact) mass is 291 g/mol. The average molecular weight is 292 g/mol. The lowest BCUT2D eigenvalue weighted by Gasteiger charge is -2.04. The normalized spacial score (nSPS) is 12.2. The second-order valence-electron chi connectivity index (χ2n) is 3.09. The minimum atomic E-state index is -4.10. The SMILES string of the molecule is O=P(O)(O)Cc1cc(Br)cc2ncoc12. The average Bonchev–Trinajstić information content (AvgIpc) is 2.48. The topological polar surface area (TPSA) is 83.6 Å². The van der Waals surface area contributed by atoms with Crippen LogP contribution < -0.4 is 0 Å². The maximum absolute atomic E-state index is 10.9. The number of rotatable bonds is 2. The van der Waals surface area contributed by atoms with E-state index in [1.54, 1.807) is 12.1 Å². The first kappa shape index (κ1) is 10.8. The number of hydrogen-bond donors (Lipinski definition) is 2. The van der Waals surface area contributed by atoms with Crippen LogP contribution in [0.1, 0.15) is 5.56 Å². The zero-order chi connectivity index (χ0) is 11.1. The lowest BCUT2D eigenvalue weighted by Crippen LogP contribution is -1.88. The van der Waals surface area contributed by atoms with Gasteiger partial charge in [-0.2, -0.15) is 0 Å². The number of aromatic nitrogens is 1. The van der Waals surface area contributed by atoms with Gasteiger partial charge in [0.1, 0.15) is 5.52 Å². The first-order valence-corrected chi connectivity index (χ1v) is 6.61. The fourth-order valence-electron chi connectivity index (χ4n) is 1.34. The highest BCUT2D eigenvalue weighted by Gasteiger charge is 2.18. The summed E-state index contributed by atoms with van der Waals surface area (Å²) in [5, 5.41) is 0. The maximum Gasteiger partial charge on any atom is 0.330 e. The van der Waals surface area contributed by atoms with Crippen molar-refractivity contribution in [3.05, 3.63) is 28.6 Å². The Morgan fingerprint density at radius 2 is 2.20 bits per heavy atom. The molecule has 0 atom stereocenters. The molecule has 15 heavy (non-hydrogen) atoms. The molecule has 5 nitrogen and oxygen atoms in total. The Kier molecular flexibility index (Phi) is 2.68. The summed E-state index contributed by atoms with van der Waals surface area (Å²) in [4.78, 5) is 21.7. The van der Waals surface area contributed by atoms with Gasteiger partial charge in [-0.3, -0.25) is 4.57 Å². The van der Waals surface area contributed by atoms with Crippen LogP contribution in [0.3, 0.4) is 0 Å². The summed E-state index contributed by atoms with van der Waals surface area (Å²) in [7, 11) is -4.10. The van der Waals surface area contributed by atoms with Crippen molar-refractivity contribution in [1.82, 2.24) is 4.98 Å². The molecule has 0 amide bonds. The maximum atomic E-state index is 10.9. The van der Waals surface area contributed by atoms with E-state index in [0.717, 1.165) is 0 Å². The van der Waals surface area contributed by atoms with Crippen LogP contribution in [0.2, 0.25) is 0 Å². The Hall–Kier alpha value is -0.680. The summed E-state index contributed by atoms with van der Waals surface area (Å²) >= 11 is 3.24. The van der Waals surface area contributed by atoms with E-state index in [0.29, 0.717) is 21.1 Å². The molecule has 0 aliphatic heterocycles. The third kappa shape index (κ3) is 2.46. The van der Waals surface area contributed by atoms with Crippen molar-refractivity contribution in [3.63, 3.8) is 0 Å². The zero-order valence-electron chi connectivity index (χ0n) is 7.42. The molecule has 0 saturated carbocycles. The summed E-state index contributed by atoms with van der Waals surface area (Å²) in [6.45, 7) is 0. The number of halogens is 1. The summed E-state index contributed by atoms with van der Waals surface area (Å²) in [6, 6.07) is 3.34. The highest BCUT2D eigenvalue weighted by Crippen LogP contribution is 2.41. The number of hydrogen-bond acceptors (Lipinski definition) is 3. The molecule has 0 aliphatic carbocycles. The summed E-state index contributed by atoms with van der Waals surface area (Å²) < 4.78 is 16.7. The third-order valence-corrected chi connectivity index (χ3v) is 3.06. The standard InChI is InChI=1S/C8H7BrNO4P/c9-6-1-5(3-15(11,12)13)8-7(2-6)10-4-14-8/h1-2,4H,3H2,(H2,11,12,13). The molecule has 1 aromatic heterocycles. The van der Waals surface area contributed by atoms with Crippen molar-refractivity contribution < 1.29 is 18.8 Å². The summed E-state index contributed by atoms with van der Waals surface area (Å²) in [5.41, 5.74) is 1.44. The van der Waals surface area contributed by atoms with Crippen molar-refractivity contribution in [2.75, 3.05) is 0 Å². The summed E-state index contributed by atoms with van der Waals surface area (Å²) in [5.74, 6) is 0. The van der Waals surface area contributed by atoms with Crippen LogP contribution in [-0.2, 0) is 10.7 Å². The molecule has 0 aliphatic rings. The van der Waals surface area contributed by atoms with E-state index in [4.69, 9.17) is 14.2 Å². The molecule has 2 N–H and O–H groups in total. The molecule has 7 heteroatoms. The Bertz CT molecular complexity index is 547. The fourth-order valence-corrected chi connectivity index (χ4v) is 2.51. The van der Waals surface area contributed by atoms with Gasteiger partial charge in [0.25, 0.3) is 0 Å². The van der Waals surface area contributed by atoms with Gasteiger partial charge in [0.05, 0.1) is 6.16 Å². The Morgan fingerprint density at radius 1 is 1.47 bits per heavy atom. The number of benzene rings is 1. The minimum absolute atomic E-state index is 0.349. The molecule has 2 rings (SSSR count). The van der Waals surface area contributed by atoms with Crippen LogP contribution in [0.5, 0.6) is 0 Å². The first-order chi connectivity index (χ1) is 6.96. The predicted molar refractivity (Wildman–Crippen MR) is 57.5 cm³/mol. The molecule has 80 valence electrons. The van der Waals surface area contributed by atoms with Gasteiger partial charge in [0.2, 0.25) is 0 Å². The highest BCUT2D eigenvalue weighted by molar-refractivity contribution is 9.10. The molecule has 0 fully saturated rings. The first-order valence-electron chi connectivity index (χ1n) is 4.02. The van der Waals surface area contributed by atoms with E-state index in [1.165, 1.54) is 6.39 Å². The lowest BCUT2D eigenvalue weighted by molar-refractivity contribution is 0.371. The van der Waals surface area contributed by atoms with E-state index in [1.807, 2.05) is 0 Å². The van der Waals surface area contributed by atoms with Gasteiger partial charge in [-0.15, -0.1) is 0 Å². The largest absolute Gasteiger partial charge is 0.443 e. The van der Waals surface area contributed by atoms with Gasteiger partial charge in [0.15, 0.2) is 12.0 Å². The van der Waals surface area contributed by atoms with Crippen molar-refractivity contribution in [3.8, 4) is 0 Å². The van der Waals surface area contributed by atoms with E-state index < -0.39 is 7.60 Å². The smallest absolute Gasteiger partial charge is 0.330 e. The molecule has 0 spiro atoms. The molecule has 1 heterocycles. The second kappa shape index (κ2) is 3.72. The van der Waals surface area contributed by atoms with Crippen molar-refractivity contribution in [2.45, 2.75) is 6.16 Å². The third-order valence-electron chi connectivity index (χ3n) is 1.85. The van der Waals surface area contributed by atoms with Crippen molar-refractivity contribution in [1.29, 1.82) is 0 Å². The Labute approximate surface area is 93.4 Å². The van der Waals surface area contributed by atoms with Crippen LogP contribution in [0, 0.1) is 0 Å². The Morgan fingerprint density at radius 3 is 2.87 bits per heavy atom. The minimum Gasteiger partial charge on any atom is -0.443 e. The van der Waals surface area contributed by atoms with Gasteiger partial charge < -0.3 is 14.2 Å². The van der Waals surface area contributed by atoms with Gasteiger partial charge in [-0.25, -0.2) is 4.98 Å². The fraction of sp³-hybridized carbons (Fsp3) is 0.125. The van der Waals surface area contributed by atoms with Gasteiger partial charge in [0, 0.05) is 10.0 Å². The van der Waals surface area contributed by atoms with Crippen molar-refractivity contribution in [2.24, 2.45) is 0 Å². The quantitative estimate of drug-likeness (QED) is 0.829. The van der Waals surface area contributed by atoms with Crippen LogP contribution in [0.15, 0.2) is 27.4 Å². The van der Waals surface area contributed by atoms with E-state index >= 15 is 0 Å². The van der Waals surface area contributed by atoms with E-state index in [9.17, 15) is 4.57 Å². The van der Waals surface area contributed by atoms with Gasteiger partial charge in [-0.05, 0) is 12.1 Å². The zero-order valence-corrected chi connectivity index (χ0v) is 9.90. The number of fused-ring (bicyclic) bond motifs is 1. The molecule has 0 saturated heterocycles. The molecule has 2 aromatic rings. The molecule has 0 unspecified atom stereocenters. The van der Waals surface area contributed by atoms with Gasteiger partial charge >= 0.3 is 7.60 Å². The molecular weight excluding hydrogens is 285 g/mol. The lowest BCUT2D eigenvalue weighted by atomic mass is 10.2. The number of nitrogens with zero attached hydrogens (tertiary/aromatic N) is 1. The molecular formula is C8H7BrNO4P. The van der Waals surface area contributed by atoms with E-state index in [2.05, 4.69) is 20.9 Å². The van der Waals surface area contributed by atoms with Crippen molar-refractivity contribution >= 4 is 34.6 Å². The van der Waals surface area contributed by atoms with Gasteiger partial charge in [-0.1, -0.05) is 15.9 Å². The second-order valence-corrected chi connectivity index (χ2v) is 5.65. The predicted octanol–water partition coefficient (Wildman–Crippen LogP) is 2.27. The Balaban J connectivity index is 2.58. The molecule has 1 aromatic carbocycles. The van der Waals surface area contributed by atoms with Crippen LogP contribution in [-0.4, -0.2) is 14.8 Å². The summed E-state index contributed by atoms with van der Waals surface area (Å²) in [6.07, 6.45) is 0.901. The highest BCUT2D eigenvalue weighted by atomic mass is 79.9. The number of oxazole rings is 1. The van der Waals surface area contributed by atoms with Crippen LogP contribution >= 0.6 is 23.5 Å². The van der Waals surface area contributed by atoms with E-state index in [-0.39, 0.29) is 6.16 Å². The van der Waals surface area contributed by atoms with Crippen LogP contribution in [0.25, 0.3) is 11.1 Å². The molecule has 0 bridgehead atoms. The van der Waals surface area contributed by atoms with Crippen LogP contribution in [0.4, 0.5) is 0 Å². The molecule has 0 radical (unpaired) electrons.